The Balaban J connectivity index is 1.35. The van der Waals surface area contributed by atoms with Crippen molar-refractivity contribution < 1.29 is 0 Å². The SMILES string of the molecule is c1ccc(CCN2CCC(CCn3ccnc3)CC2)cc1. The lowest BCUT2D eigenvalue weighted by Gasteiger charge is -2.32. The van der Waals surface area contributed by atoms with Crippen LogP contribution in [0.2, 0.25) is 0 Å². The van der Waals surface area contributed by atoms with Crippen molar-refractivity contribution >= 4 is 0 Å². The lowest BCUT2D eigenvalue weighted by Crippen LogP contribution is -2.35. The number of nitrogens with zero attached hydrogens (tertiary/aromatic N) is 3. The molecule has 112 valence electrons. The van der Waals surface area contributed by atoms with E-state index in [1.54, 1.807) is 0 Å². The zero-order chi connectivity index (χ0) is 14.3. The largest absolute Gasteiger partial charge is 0.337 e. The monoisotopic (exact) mass is 283 g/mol. The quantitative estimate of drug-likeness (QED) is 0.811. The Bertz CT molecular complexity index is 499. The second-order valence-electron chi connectivity index (χ2n) is 6.11. The molecule has 3 nitrogen and oxygen atoms in total. The molecule has 21 heavy (non-hydrogen) atoms. The maximum absolute atomic E-state index is 4.11. The van der Waals surface area contributed by atoms with E-state index in [-0.39, 0.29) is 0 Å². The van der Waals surface area contributed by atoms with Crippen molar-refractivity contribution in [3.63, 3.8) is 0 Å². The van der Waals surface area contributed by atoms with E-state index in [1.807, 2.05) is 12.5 Å². The molecule has 0 N–H and O–H groups in total. The average Bonchev–Trinajstić information content (AvgIpc) is 3.06. The Labute approximate surface area is 127 Å². The summed E-state index contributed by atoms with van der Waals surface area (Å²) < 4.78 is 2.20. The molecule has 1 saturated heterocycles. The van der Waals surface area contributed by atoms with Crippen LogP contribution < -0.4 is 0 Å². The van der Waals surface area contributed by atoms with Gasteiger partial charge >= 0.3 is 0 Å². The first-order valence-electron chi connectivity index (χ1n) is 8.12. The molecule has 0 amide bonds. The number of hydrogen-bond donors (Lipinski definition) is 0. The molecule has 0 radical (unpaired) electrons. The van der Waals surface area contributed by atoms with Crippen molar-refractivity contribution in [3.8, 4) is 0 Å². The standard InChI is InChI=1S/C18H25N3/c1-2-4-17(5-3-1)6-11-20-12-7-18(8-13-20)9-14-21-15-10-19-16-21/h1-5,10,15-16,18H,6-9,11-14H2. The van der Waals surface area contributed by atoms with Crippen LogP contribution in [0.1, 0.15) is 24.8 Å². The predicted octanol–water partition coefficient (Wildman–Crippen LogP) is 3.23. The van der Waals surface area contributed by atoms with Gasteiger partial charge in [0.1, 0.15) is 0 Å². The molecular weight excluding hydrogens is 258 g/mol. The zero-order valence-corrected chi connectivity index (χ0v) is 12.7. The Morgan fingerprint density at radius 3 is 2.57 bits per heavy atom. The van der Waals surface area contributed by atoms with E-state index < -0.39 is 0 Å². The number of rotatable bonds is 6. The number of aromatic nitrogens is 2. The molecule has 0 spiro atoms. The highest BCUT2D eigenvalue weighted by molar-refractivity contribution is 5.14. The van der Waals surface area contributed by atoms with Gasteiger partial charge in [0.2, 0.25) is 0 Å². The Hall–Kier alpha value is -1.61. The Morgan fingerprint density at radius 2 is 1.86 bits per heavy atom. The maximum atomic E-state index is 4.11. The van der Waals surface area contributed by atoms with Crippen LogP contribution in [-0.4, -0.2) is 34.1 Å². The molecule has 0 atom stereocenters. The molecule has 3 rings (SSSR count). The molecule has 0 saturated carbocycles. The van der Waals surface area contributed by atoms with Crippen molar-refractivity contribution in [2.75, 3.05) is 19.6 Å². The van der Waals surface area contributed by atoms with E-state index in [1.165, 1.54) is 50.9 Å². The number of aryl methyl sites for hydroxylation is 1. The van der Waals surface area contributed by atoms with Crippen molar-refractivity contribution in [1.29, 1.82) is 0 Å². The minimum atomic E-state index is 0.889. The topological polar surface area (TPSA) is 21.1 Å². The van der Waals surface area contributed by atoms with Crippen LogP contribution in [-0.2, 0) is 13.0 Å². The second-order valence-corrected chi connectivity index (χ2v) is 6.11. The summed E-state index contributed by atoms with van der Waals surface area (Å²) >= 11 is 0. The van der Waals surface area contributed by atoms with Gasteiger partial charge in [-0.2, -0.15) is 0 Å². The van der Waals surface area contributed by atoms with Crippen LogP contribution in [0.4, 0.5) is 0 Å². The smallest absolute Gasteiger partial charge is 0.0945 e. The number of hydrogen-bond acceptors (Lipinski definition) is 2. The number of imidazole rings is 1. The van der Waals surface area contributed by atoms with E-state index in [0.717, 1.165) is 12.5 Å². The zero-order valence-electron chi connectivity index (χ0n) is 12.7. The van der Waals surface area contributed by atoms with Crippen molar-refractivity contribution in [3.05, 3.63) is 54.6 Å². The van der Waals surface area contributed by atoms with Gasteiger partial charge in [-0.3, -0.25) is 0 Å². The van der Waals surface area contributed by atoms with Gasteiger partial charge in [0.25, 0.3) is 0 Å². The fourth-order valence-electron chi connectivity index (χ4n) is 3.18. The van der Waals surface area contributed by atoms with Gasteiger partial charge in [0, 0.05) is 25.5 Å². The van der Waals surface area contributed by atoms with Crippen LogP contribution in [0.5, 0.6) is 0 Å². The number of benzene rings is 1. The average molecular weight is 283 g/mol. The highest BCUT2D eigenvalue weighted by Gasteiger charge is 2.18. The number of piperidine rings is 1. The highest BCUT2D eigenvalue weighted by Crippen LogP contribution is 2.21. The molecule has 0 bridgehead atoms. The Kier molecular flexibility index (Phi) is 5.06. The van der Waals surface area contributed by atoms with Gasteiger partial charge in [-0.05, 0) is 50.3 Å². The molecule has 2 heterocycles. The molecule has 1 aromatic carbocycles. The normalized spacial score (nSPS) is 17.1. The fraction of sp³-hybridized carbons (Fsp3) is 0.500. The van der Waals surface area contributed by atoms with Gasteiger partial charge in [-0.15, -0.1) is 0 Å². The summed E-state index contributed by atoms with van der Waals surface area (Å²) in [6, 6.07) is 10.8. The van der Waals surface area contributed by atoms with Crippen LogP contribution in [0.15, 0.2) is 49.1 Å². The van der Waals surface area contributed by atoms with E-state index >= 15 is 0 Å². The molecule has 1 fully saturated rings. The second kappa shape index (κ2) is 7.41. The third-order valence-electron chi connectivity index (χ3n) is 4.62. The summed E-state index contributed by atoms with van der Waals surface area (Å²) in [6.45, 7) is 4.86. The van der Waals surface area contributed by atoms with E-state index in [9.17, 15) is 0 Å². The molecular formula is C18H25N3. The maximum Gasteiger partial charge on any atom is 0.0945 e. The van der Waals surface area contributed by atoms with Crippen molar-refractivity contribution in [2.24, 2.45) is 5.92 Å². The van der Waals surface area contributed by atoms with Gasteiger partial charge in [0.15, 0.2) is 0 Å². The van der Waals surface area contributed by atoms with Crippen molar-refractivity contribution in [1.82, 2.24) is 14.5 Å². The van der Waals surface area contributed by atoms with Crippen LogP contribution in [0, 0.1) is 5.92 Å². The third kappa shape index (κ3) is 4.43. The van der Waals surface area contributed by atoms with E-state index in [4.69, 9.17) is 0 Å². The summed E-state index contributed by atoms with van der Waals surface area (Å²) in [4.78, 5) is 6.73. The molecule has 2 aromatic rings. The minimum absolute atomic E-state index is 0.889. The molecule has 0 unspecified atom stereocenters. The summed E-state index contributed by atoms with van der Waals surface area (Å²) in [7, 11) is 0. The predicted molar refractivity (Wildman–Crippen MR) is 86.2 cm³/mol. The van der Waals surface area contributed by atoms with Crippen LogP contribution >= 0.6 is 0 Å². The first-order valence-corrected chi connectivity index (χ1v) is 8.12. The molecule has 0 aliphatic carbocycles. The summed E-state index contributed by atoms with van der Waals surface area (Å²) in [6.07, 6.45) is 11.0. The van der Waals surface area contributed by atoms with Crippen molar-refractivity contribution in [2.45, 2.75) is 32.2 Å². The fourth-order valence-corrected chi connectivity index (χ4v) is 3.18. The summed E-state index contributed by atoms with van der Waals surface area (Å²) in [5.41, 5.74) is 1.46. The lowest BCUT2D eigenvalue weighted by atomic mass is 9.93. The molecule has 1 aliphatic rings. The van der Waals surface area contributed by atoms with Gasteiger partial charge in [-0.25, -0.2) is 4.98 Å². The van der Waals surface area contributed by atoms with Gasteiger partial charge in [0.05, 0.1) is 6.33 Å². The van der Waals surface area contributed by atoms with Gasteiger partial charge in [-0.1, -0.05) is 30.3 Å². The first kappa shape index (κ1) is 14.3. The molecule has 3 heteroatoms. The van der Waals surface area contributed by atoms with Gasteiger partial charge < -0.3 is 9.47 Å². The minimum Gasteiger partial charge on any atom is -0.337 e. The van der Waals surface area contributed by atoms with E-state index in [0.29, 0.717) is 0 Å². The highest BCUT2D eigenvalue weighted by atomic mass is 15.1. The first-order chi connectivity index (χ1) is 10.4. The molecule has 1 aliphatic heterocycles. The Morgan fingerprint density at radius 1 is 1.05 bits per heavy atom. The van der Waals surface area contributed by atoms with Crippen LogP contribution in [0.25, 0.3) is 0 Å². The summed E-state index contributed by atoms with van der Waals surface area (Å²) in [5.74, 6) is 0.889. The number of likely N-dealkylation sites (tertiary alicyclic amines) is 1. The third-order valence-corrected chi connectivity index (χ3v) is 4.62. The summed E-state index contributed by atoms with van der Waals surface area (Å²) in [5, 5.41) is 0. The van der Waals surface area contributed by atoms with Crippen LogP contribution in [0.3, 0.4) is 0 Å². The molecule has 1 aromatic heterocycles. The lowest BCUT2D eigenvalue weighted by molar-refractivity contribution is 0.177. The van der Waals surface area contributed by atoms with E-state index in [2.05, 4.69) is 51.0 Å².